The van der Waals surface area contributed by atoms with Gasteiger partial charge in [0, 0.05) is 18.9 Å². The van der Waals surface area contributed by atoms with E-state index in [1.54, 1.807) is 12.4 Å². The van der Waals surface area contributed by atoms with Crippen molar-refractivity contribution >= 4 is 48.1 Å². The third-order valence-corrected chi connectivity index (χ3v) is 1.32. The molecule has 1 aromatic rings. The Hall–Kier alpha value is 0.716. The molecule has 3 N–H and O–H groups in total. The third kappa shape index (κ3) is 19.2. The number of primary amides is 1. The molecule has 0 unspecified atom stereocenters. The van der Waals surface area contributed by atoms with Crippen LogP contribution >= 0.6 is 37.7 Å². The van der Waals surface area contributed by atoms with Gasteiger partial charge in [-0.05, 0) is 11.6 Å². The van der Waals surface area contributed by atoms with Crippen LogP contribution in [-0.2, 0) is 6.54 Å². The first-order chi connectivity index (χ1) is 7.02. The zero-order valence-electron chi connectivity index (χ0n) is 10.2. The minimum Gasteiger partial charge on any atom is -1.00 e. The average Bonchev–Trinajstić information content (AvgIpc) is 2.15. The van der Waals surface area contributed by atoms with Crippen molar-refractivity contribution in [2.75, 3.05) is 0 Å². The van der Waals surface area contributed by atoms with Crippen LogP contribution in [-0.4, -0.2) is 15.5 Å². The van der Waals surface area contributed by atoms with Gasteiger partial charge in [0.15, 0.2) is 0 Å². The van der Waals surface area contributed by atoms with Crippen LogP contribution in [0.4, 0.5) is 9.59 Å². The van der Waals surface area contributed by atoms with Crippen molar-refractivity contribution in [3.05, 3.63) is 30.1 Å². The van der Waals surface area contributed by atoms with Crippen molar-refractivity contribution < 1.29 is 62.4 Å². The zero-order valence-corrected chi connectivity index (χ0v) is 14.9. The van der Waals surface area contributed by atoms with E-state index in [9.17, 15) is 4.79 Å². The van der Waals surface area contributed by atoms with Crippen molar-refractivity contribution in [1.82, 2.24) is 10.3 Å². The Morgan fingerprint density at radius 1 is 1.47 bits per heavy atom. The molecule has 0 radical (unpaired) electrons. The predicted molar refractivity (Wildman–Crippen MR) is 72.4 cm³/mol. The molecule has 0 spiro atoms. The van der Waals surface area contributed by atoms with E-state index < -0.39 is 5.24 Å². The van der Waals surface area contributed by atoms with E-state index in [0.29, 0.717) is 6.54 Å². The number of nitrogens with zero attached hydrogens (tertiary/aromatic N) is 1. The number of aromatic nitrogens is 1. The molecule has 0 atom stereocenters. The summed E-state index contributed by atoms with van der Waals surface area (Å²) in [5.74, 6) is 0. The number of nitrogens with one attached hydrogen (secondary N) is 1. The van der Waals surface area contributed by atoms with E-state index >= 15 is 0 Å². The third-order valence-electron chi connectivity index (χ3n) is 1.17. The fraction of sp³-hybridized carbons (Fsp3) is 0.125. The number of nitrogens with two attached hydrogens (primary N) is 1. The Labute approximate surface area is 161 Å². The average molecular weight is 322 g/mol. The zero-order chi connectivity index (χ0) is 11.7. The van der Waals surface area contributed by atoms with E-state index in [-0.39, 0.29) is 70.5 Å². The van der Waals surface area contributed by atoms with Gasteiger partial charge in [0.05, 0.1) is 0 Å². The number of halogens is 1. The van der Waals surface area contributed by atoms with Gasteiger partial charge in [-0.15, -0.1) is 12.4 Å². The largest absolute Gasteiger partial charge is 1.00 e. The molecule has 9 heteroatoms. The standard InChI is InChI=1S/C7H8N2OS.CH3NOS.ClH.K.H/c10-7(11)9-5-6-2-1-3-8-4-6;2-1(3)4;;;/h1-4H,5H2,(H2,9,10,11);(H3,2,3,4);1H;;/q;;;+1;-1. The molecule has 0 aliphatic heterocycles. The number of rotatable bonds is 2. The van der Waals surface area contributed by atoms with Gasteiger partial charge in [-0.2, -0.15) is 0 Å². The molecule has 0 aliphatic carbocycles. The molecular weight excluding hydrogens is 309 g/mol. The Balaban J connectivity index is -0.000000125. The summed E-state index contributed by atoms with van der Waals surface area (Å²) in [6, 6.07) is 3.71. The van der Waals surface area contributed by atoms with E-state index in [2.05, 4.69) is 41.3 Å². The SMILES string of the molecule is Cl.NC(=O)S.O=C(S)NCc1cccnc1.[H-].[K+]. The Morgan fingerprint density at radius 3 is 2.35 bits per heavy atom. The van der Waals surface area contributed by atoms with E-state index in [0.717, 1.165) is 5.56 Å². The van der Waals surface area contributed by atoms with Crippen LogP contribution in [0.3, 0.4) is 0 Å². The molecule has 0 bridgehead atoms. The van der Waals surface area contributed by atoms with Crippen LogP contribution in [0.15, 0.2) is 24.5 Å². The molecular formula is C8H13ClKN3O2S2. The second-order valence-corrected chi connectivity index (χ2v) is 3.21. The molecule has 1 aromatic heterocycles. The molecule has 0 aromatic carbocycles. The first kappa shape index (κ1) is 22.9. The van der Waals surface area contributed by atoms with Crippen LogP contribution in [0.5, 0.6) is 0 Å². The van der Waals surface area contributed by atoms with Gasteiger partial charge in [-0.25, -0.2) is 0 Å². The summed E-state index contributed by atoms with van der Waals surface area (Å²) in [6.45, 7) is 0.482. The topological polar surface area (TPSA) is 85.1 Å². The van der Waals surface area contributed by atoms with Crippen LogP contribution in [0.2, 0.25) is 0 Å². The van der Waals surface area contributed by atoms with Gasteiger partial charge >= 0.3 is 51.4 Å². The normalized spacial score (nSPS) is 7.41. The van der Waals surface area contributed by atoms with Gasteiger partial charge in [0.25, 0.3) is 10.5 Å². The van der Waals surface area contributed by atoms with Crippen molar-refractivity contribution in [3.8, 4) is 0 Å². The van der Waals surface area contributed by atoms with Crippen LogP contribution in [0.1, 0.15) is 6.99 Å². The number of carbonyl (C=O) groups excluding carboxylic acids is 2. The smallest absolute Gasteiger partial charge is 1.00 e. The van der Waals surface area contributed by atoms with Crippen molar-refractivity contribution in [1.29, 1.82) is 0 Å². The first-order valence-electron chi connectivity index (χ1n) is 3.86. The molecule has 0 aliphatic rings. The number of amides is 2. The van der Waals surface area contributed by atoms with E-state index in [1.807, 2.05) is 12.1 Å². The Morgan fingerprint density at radius 2 is 2.00 bits per heavy atom. The number of carbonyl (C=O) groups is 2. The second-order valence-electron chi connectivity index (χ2n) is 2.36. The molecule has 0 saturated carbocycles. The monoisotopic (exact) mass is 321 g/mol. The summed E-state index contributed by atoms with van der Waals surface area (Å²) in [5.41, 5.74) is 5.30. The summed E-state index contributed by atoms with van der Waals surface area (Å²) in [6.07, 6.45) is 3.38. The van der Waals surface area contributed by atoms with E-state index in [1.165, 1.54) is 0 Å². The van der Waals surface area contributed by atoms with Crippen LogP contribution in [0.25, 0.3) is 0 Å². The maximum absolute atomic E-state index is 10.3. The van der Waals surface area contributed by atoms with Gasteiger partial charge < -0.3 is 12.5 Å². The van der Waals surface area contributed by atoms with Crippen molar-refractivity contribution in [3.63, 3.8) is 0 Å². The summed E-state index contributed by atoms with van der Waals surface area (Å²) in [5, 5.41) is 1.58. The molecule has 17 heavy (non-hydrogen) atoms. The second kappa shape index (κ2) is 14.8. The van der Waals surface area contributed by atoms with Gasteiger partial charge in [-0.3, -0.25) is 14.6 Å². The van der Waals surface area contributed by atoms with Crippen molar-refractivity contribution in [2.45, 2.75) is 6.54 Å². The number of hydrogen-bond acceptors (Lipinski definition) is 3. The maximum atomic E-state index is 10.3. The quantitative estimate of drug-likeness (QED) is 0.406. The number of hydrogen-bond donors (Lipinski definition) is 4. The summed E-state index contributed by atoms with van der Waals surface area (Å²) < 4.78 is 0. The molecule has 5 nitrogen and oxygen atoms in total. The predicted octanol–water partition coefficient (Wildman–Crippen LogP) is -1.25. The van der Waals surface area contributed by atoms with Crippen molar-refractivity contribution in [2.24, 2.45) is 5.73 Å². The first-order valence-corrected chi connectivity index (χ1v) is 4.76. The molecule has 1 heterocycles. The number of thiol groups is 2. The molecule has 1 rings (SSSR count). The summed E-state index contributed by atoms with van der Waals surface area (Å²) >= 11 is 6.66. The van der Waals surface area contributed by atoms with Gasteiger partial charge in [0.2, 0.25) is 0 Å². The van der Waals surface area contributed by atoms with E-state index in [4.69, 9.17) is 4.79 Å². The van der Waals surface area contributed by atoms with Crippen LogP contribution < -0.4 is 62.4 Å². The van der Waals surface area contributed by atoms with Gasteiger partial charge in [-0.1, -0.05) is 31.3 Å². The summed E-state index contributed by atoms with van der Waals surface area (Å²) in [7, 11) is 0. The minimum absolute atomic E-state index is 0. The summed E-state index contributed by atoms with van der Waals surface area (Å²) in [4.78, 5) is 23.3. The fourth-order valence-electron chi connectivity index (χ4n) is 0.680. The minimum atomic E-state index is -0.639. The number of pyridine rings is 1. The fourth-order valence-corrected chi connectivity index (χ4v) is 0.759. The molecule has 92 valence electrons. The Kier molecular flexibility index (Phi) is 19.9. The van der Waals surface area contributed by atoms with Crippen LogP contribution in [0, 0.1) is 0 Å². The van der Waals surface area contributed by atoms with Gasteiger partial charge in [0.1, 0.15) is 0 Å². The molecule has 0 saturated heterocycles. The Bertz CT molecular complexity index is 331. The maximum Gasteiger partial charge on any atom is 1.00 e. The molecule has 2 amide bonds. The molecule has 0 fully saturated rings.